The van der Waals surface area contributed by atoms with Gasteiger partial charge in [-0.2, -0.15) is 0 Å². The molecule has 0 atom stereocenters. The van der Waals surface area contributed by atoms with Crippen LogP contribution in [0.4, 0.5) is 0 Å². The number of thiophene rings is 1. The van der Waals surface area contributed by atoms with E-state index in [0.29, 0.717) is 0 Å². The molecule has 4 aromatic rings. The van der Waals surface area contributed by atoms with Crippen LogP contribution in [0.15, 0.2) is 58.4 Å². The molecule has 1 saturated heterocycles. The standard InChI is InChI=1S/C22H23N5S3/c1-2-7-17(8-3-1)13-27-20(14-26-10-4-5-11-26)24-25-22(27)30-16-18-15-29-21(23-18)19-9-6-12-28-19/h1-3,6-9,12,15H,4-5,10-11,13-14,16H2. The minimum atomic E-state index is 0.802. The molecular formula is C22H23N5S3. The first-order chi connectivity index (χ1) is 14.8. The van der Waals surface area contributed by atoms with Gasteiger partial charge in [0.15, 0.2) is 5.16 Å². The summed E-state index contributed by atoms with van der Waals surface area (Å²) in [5.74, 6) is 1.86. The van der Waals surface area contributed by atoms with Crippen molar-refractivity contribution in [2.75, 3.05) is 13.1 Å². The molecule has 4 heterocycles. The van der Waals surface area contributed by atoms with Gasteiger partial charge in [-0.25, -0.2) is 4.98 Å². The highest BCUT2D eigenvalue weighted by Crippen LogP contribution is 2.30. The second kappa shape index (κ2) is 9.43. The number of thiazole rings is 1. The molecule has 0 spiro atoms. The third-order valence-corrected chi connectivity index (χ3v) is 8.10. The average molecular weight is 454 g/mol. The molecule has 1 aliphatic heterocycles. The molecule has 1 aliphatic rings. The maximum Gasteiger partial charge on any atom is 0.191 e. The molecule has 0 amide bonds. The first-order valence-electron chi connectivity index (χ1n) is 10.1. The predicted molar refractivity (Wildman–Crippen MR) is 125 cm³/mol. The zero-order valence-corrected chi connectivity index (χ0v) is 19.1. The van der Waals surface area contributed by atoms with Crippen molar-refractivity contribution in [2.24, 2.45) is 0 Å². The Balaban J connectivity index is 1.33. The number of thioether (sulfide) groups is 1. The van der Waals surface area contributed by atoms with Crippen molar-refractivity contribution in [1.29, 1.82) is 0 Å². The molecule has 1 aromatic carbocycles. The first-order valence-corrected chi connectivity index (χ1v) is 12.9. The molecule has 30 heavy (non-hydrogen) atoms. The SMILES string of the molecule is c1ccc(Cn2c(CN3CCCC3)nnc2SCc2csc(-c3cccs3)n2)cc1. The van der Waals surface area contributed by atoms with E-state index in [4.69, 9.17) is 4.98 Å². The van der Waals surface area contributed by atoms with Crippen LogP contribution >= 0.6 is 34.4 Å². The van der Waals surface area contributed by atoms with E-state index >= 15 is 0 Å². The number of aromatic nitrogens is 4. The molecule has 0 aliphatic carbocycles. The highest BCUT2D eigenvalue weighted by molar-refractivity contribution is 7.98. The average Bonchev–Trinajstić information content (AvgIpc) is 3.57. The maximum absolute atomic E-state index is 4.81. The molecular weight excluding hydrogens is 430 g/mol. The Kier molecular flexibility index (Phi) is 6.26. The second-order valence-corrected chi connectivity index (χ2v) is 10.1. The second-order valence-electron chi connectivity index (χ2n) is 7.36. The van der Waals surface area contributed by atoms with Gasteiger partial charge in [0, 0.05) is 11.1 Å². The van der Waals surface area contributed by atoms with Crippen molar-refractivity contribution in [1.82, 2.24) is 24.6 Å². The van der Waals surface area contributed by atoms with Gasteiger partial charge in [-0.1, -0.05) is 48.2 Å². The fourth-order valence-electron chi connectivity index (χ4n) is 3.63. The van der Waals surface area contributed by atoms with Gasteiger partial charge < -0.3 is 4.57 Å². The fourth-order valence-corrected chi connectivity index (χ4v) is 6.22. The summed E-state index contributed by atoms with van der Waals surface area (Å²) in [4.78, 5) is 8.53. The Bertz CT molecular complexity index is 1070. The molecule has 0 radical (unpaired) electrons. The number of hydrogen-bond donors (Lipinski definition) is 0. The third-order valence-electron chi connectivity index (χ3n) is 5.17. The van der Waals surface area contributed by atoms with Crippen LogP contribution in [0.25, 0.3) is 9.88 Å². The van der Waals surface area contributed by atoms with E-state index in [9.17, 15) is 0 Å². The van der Waals surface area contributed by atoms with Gasteiger partial charge in [-0.15, -0.1) is 32.9 Å². The van der Waals surface area contributed by atoms with Crippen LogP contribution in [0, 0.1) is 0 Å². The molecule has 0 saturated carbocycles. The lowest BCUT2D eigenvalue weighted by atomic mass is 10.2. The zero-order valence-electron chi connectivity index (χ0n) is 16.6. The topological polar surface area (TPSA) is 46.8 Å². The number of benzene rings is 1. The molecule has 154 valence electrons. The quantitative estimate of drug-likeness (QED) is 0.334. The van der Waals surface area contributed by atoms with Gasteiger partial charge in [-0.05, 0) is 42.9 Å². The van der Waals surface area contributed by atoms with Crippen molar-refractivity contribution < 1.29 is 0 Å². The molecule has 3 aromatic heterocycles. The van der Waals surface area contributed by atoms with Crippen LogP contribution in [0.1, 0.15) is 29.9 Å². The van der Waals surface area contributed by atoms with E-state index in [-0.39, 0.29) is 0 Å². The van der Waals surface area contributed by atoms with E-state index in [2.05, 4.69) is 72.9 Å². The number of nitrogens with zero attached hydrogens (tertiary/aromatic N) is 5. The predicted octanol–water partition coefficient (Wildman–Crippen LogP) is 5.40. The molecule has 8 heteroatoms. The molecule has 5 rings (SSSR count). The summed E-state index contributed by atoms with van der Waals surface area (Å²) in [5, 5.41) is 15.4. The maximum atomic E-state index is 4.81. The number of rotatable bonds is 8. The van der Waals surface area contributed by atoms with Crippen LogP contribution in [-0.4, -0.2) is 37.7 Å². The largest absolute Gasteiger partial charge is 0.300 e. The summed E-state index contributed by atoms with van der Waals surface area (Å²) in [6, 6.07) is 14.8. The Morgan fingerprint density at radius 3 is 2.60 bits per heavy atom. The third kappa shape index (κ3) is 4.67. The van der Waals surface area contributed by atoms with Crippen LogP contribution < -0.4 is 0 Å². The van der Waals surface area contributed by atoms with Crippen LogP contribution in [0.2, 0.25) is 0 Å². The molecule has 5 nitrogen and oxygen atoms in total. The summed E-state index contributed by atoms with van der Waals surface area (Å²) in [6.07, 6.45) is 2.57. The fraction of sp³-hybridized carbons (Fsp3) is 0.318. The zero-order chi connectivity index (χ0) is 20.2. The van der Waals surface area contributed by atoms with Gasteiger partial charge >= 0.3 is 0 Å². The van der Waals surface area contributed by atoms with Crippen molar-refractivity contribution in [3.8, 4) is 9.88 Å². The highest BCUT2D eigenvalue weighted by Gasteiger charge is 2.19. The van der Waals surface area contributed by atoms with Crippen LogP contribution in [-0.2, 0) is 18.8 Å². The summed E-state index contributed by atoms with van der Waals surface area (Å²) in [5.41, 5.74) is 2.37. The Labute approximate surface area is 188 Å². The van der Waals surface area contributed by atoms with E-state index in [1.165, 1.54) is 23.3 Å². The lowest BCUT2D eigenvalue weighted by Crippen LogP contribution is -2.21. The van der Waals surface area contributed by atoms with Gasteiger partial charge in [-0.3, -0.25) is 4.90 Å². The number of hydrogen-bond acceptors (Lipinski definition) is 7. The summed E-state index contributed by atoms with van der Waals surface area (Å²) >= 11 is 5.18. The smallest absolute Gasteiger partial charge is 0.191 e. The van der Waals surface area contributed by atoms with Crippen molar-refractivity contribution in [3.63, 3.8) is 0 Å². The normalized spacial score (nSPS) is 14.5. The van der Waals surface area contributed by atoms with Crippen LogP contribution in [0.5, 0.6) is 0 Å². The van der Waals surface area contributed by atoms with Gasteiger partial charge in [0.05, 0.1) is 23.7 Å². The van der Waals surface area contributed by atoms with Gasteiger partial charge in [0.25, 0.3) is 0 Å². The minimum Gasteiger partial charge on any atom is -0.300 e. The summed E-state index contributed by atoms with van der Waals surface area (Å²) < 4.78 is 2.28. The highest BCUT2D eigenvalue weighted by atomic mass is 32.2. The molecule has 0 unspecified atom stereocenters. The van der Waals surface area contributed by atoms with Crippen molar-refractivity contribution in [2.45, 2.75) is 36.8 Å². The van der Waals surface area contributed by atoms with Gasteiger partial charge in [0.2, 0.25) is 0 Å². The van der Waals surface area contributed by atoms with Crippen molar-refractivity contribution >= 4 is 34.4 Å². The Hall–Kier alpha value is -2.00. The summed E-state index contributed by atoms with van der Waals surface area (Å²) in [7, 11) is 0. The van der Waals surface area contributed by atoms with Gasteiger partial charge in [0.1, 0.15) is 10.8 Å². The first kappa shape index (κ1) is 19.9. The monoisotopic (exact) mass is 453 g/mol. The molecule has 1 fully saturated rings. The summed E-state index contributed by atoms with van der Waals surface area (Å²) in [6.45, 7) is 3.99. The van der Waals surface area contributed by atoms with Crippen molar-refractivity contribution in [3.05, 3.63) is 70.3 Å². The van der Waals surface area contributed by atoms with E-state index in [1.54, 1.807) is 34.4 Å². The number of likely N-dealkylation sites (tertiary alicyclic amines) is 1. The molecule has 0 N–H and O–H groups in total. The minimum absolute atomic E-state index is 0.802. The van der Waals surface area contributed by atoms with E-state index in [0.717, 1.165) is 53.6 Å². The van der Waals surface area contributed by atoms with E-state index in [1.807, 2.05) is 0 Å². The Morgan fingerprint density at radius 2 is 1.80 bits per heavy atom. The lowest BCUT2D eigenvalue weighted by Gasteiger charge is -2.16. The molecule has 0 bridgehead atoms. The Morgan fingerprint density at radius 1 is 0.933 bits per heavy atom. The lowest BCUT2D eigenvalue weighted by molar-refractivity contribution is 0.316. The van der Waals surface area contributed by atoms with Crippen LogP contribution in [0.3, 0.4) is 0 Å². The van der Waals surface area contributed by atoms with E-state index < -0.39 is 0 Å².